The number of hydrogen-bond donors (Lipinski definition) is 1. The minimum absolute atomic E-state index is 0.177. The molecule has 2 atom stereocenters. The lowest BCUT2D eigenvalue weighted by Crippen LogP contribution is -2.38. The van der Waals surface area contributed by atoms with Gasteiger partial charge in [0.05, 0.1) is 6.10 Å². The molecule has 1 amide bonds. The summed E-state index contributed by atoms with van der Waals surface area (Å²) in [6, 6.07) is 0. The first kappa shape index (κ1) is 10.7. The monoisotopic (exact) mass is 179 g/mol. The van der Waals surface area contributed by atoms with Crippen molar-refractivity contribution in [1.82, 2.24) is 5.32 Å². The molecule has 2 unspecified atom stereocenters. The number of hydrogen-bond acceptors (Lipinski definition) is 2. The summed E-state index contributed by atoms with van der Waals surface area (Å²) in [6.07, 6.45) is -0.247. The minimum Gasteiger partial charge on any atom is -0.380 e. The van der Waals surface area contributed by atoms with Gasteiger partial charge in [-0.2, -0.15) is 0 Å². The Morgan fingerprint density at radius 3 is 2.64 bits per heavy atom. The molecule has 3 nitrogen and oxygen atoms in total. The van der Waals surface area contributed by atoms with Crippen molar-refractivity contribution in [3.05, 3.63) is 0 Å². The maximum Gasteiger partial charge on any atom is 0.240 e. The summed E-state index contributed by atoms with van der Waals surface area (Å²) in [4.78, 5) is 11.0. The topological polar surface area (TPSA) is 38.3 Å². The fourth-order valence-electron chi connectivity index (χ4n) is 0.604. The van der Waals surface area contributed by atoms with Gasteiger partial charge in [0, 0.05) is 13.7 Å². The van der Waals surface area contributed by atoms with E-state index >= 15 is 0 Å². The molecule has 0 aliphatic rings. The van der Waals surface area contributed by atoms with Gasteiger partial charge in [0.25, 0.3) is 0 Å². The molecule has 0 heterocycles. The van der Waals surface area contributed by atoms with Crippen LogP contribution in [0.4, 0.5) is 0 Å². The number of carbonyl (C=O) groups excluding carboxylic acids is 1. The van der Waals surface area contributed by atoms with E-state index in [0.717, 1.165) is 0 Å². The zero-order valence-electron chi connectivity index (χ0n) is 7.06. The van der Waals surface area contributed by atoms with Crippen molar-refractivity contribution in [2.45, 2.75) is 25.3 Å². The molecule has 0 aromatic rings. The van der Waals surface area contributed by atoms with E-state index in [0.29, 0.717) is 6.54 Å². The number of rotatable bonds is 4. The van der Waals surface area contributed by atoms with Crippen LogP contribution in [0.5, 0.6) is 0 Å². The lowest BCUT2D eigenvalue weighted by atomic mass is 10.2. The lowest BCUT2D eigenvalue weighted by molar-refractivity contribution is -0.122. The summed E-state index contributed by atoms with van der Waals surface area (Å²) in [5.41, 5.74) is 0. The smallest absolute Gasteiger partial charge is 0.240 e. The van der Waals surface area contributed by atoms with E-state index in [-0.39, 0.29) is 12.0 Å². The maximum absolute atomic E-state index is 11.0. The van der Waals surface area contributed by atoms with E-state index in [9.17, 15) is 4.79 Å². The normalized spacial score (nSPS) is 15.6. The Labute approximate surface area is 72.1 Å². The van der Waals surface area contributed by atoms with Crippen molar-refractivity contribution in [1.29, 1.82) is 0 Å². The van der Waals surface area contributed by atoms with Crippen molar-refractivity contribution >= 4 is 17.5 Å². The van der Waals surface area contributed by atoms with Gasteiger partial charge in [0.1, 0.15) is 5.38 Å². The van der Waals surface area contributed by atoms with Crippen LogP contribution in [0.3, 0.4) is 0 Å². The highest BCUT2D eigenvalue weighted by Crippen LogP contribution is 2.05. The minimum atomic E-state index is -0.597. The molecule has 0 fully saturated rings. The molecular formula is C7H14ClNO2. The molecule has 0 aromatic carbocycles. The van der Waals surface area contributed by atoms with Crippen LogP contribution in [0.1, 0.15) is 13.8 Å². The van der Waals surface area contributed by atoms with Gasteiger partial charge in [-0.25, -0.2) is 0 Å². The first-order chi connectivity index (χ1) is 5.13. The van der Waals surface area contributed by atoms with Crippen molar-refractivity contribution < 1.29 is 9.53 Å². The van der Waals surface area contributed by atoms with Gasteiger partial charge in [0.15, 0.2) is 0 Å². The van der Waals surface area contributed by atoms with E-state index in [1.807, 2.05) is 6.92 Å². The number of methoxy groups -OCH3 is 1. The van der Waals surface area contributed by atoms with Crippen LogP contribution in [-0.2, 0) is 9.53 Å². The molecule has 1 N–H and O–H groups in total. The summed E-state index contributed by atoms with van der Waals surface area (Å²) in [5.74, 6) is -0.177. The molecule has 0 saturated carbocycles. The Kier molecular flexibility index (Phi) is 5.24. The molecule has 0 aromatic heterocycles. The Balaban J connectivity index is 3.80. The third-order valence-electron chi connectivity index (χ3n) is 1.39. The second-order valence-electron chi connectivity index (χ2n) is 2.24. The van der Waals surface area contributed by atoms with Crippen LogP contribution >= 0.6 is 11.6 Å². The second kappa shape index (κ2) is 5.38. The Hall–Kier alpha value is -0.280. The standard InChI is InChI=1S/C7H14ClNO2/c1-4-9-7(10)6(8)5(2)11-3/h5-6H,4H2,1-3H3,(H,9,10). The predicted molar refractivity (Wildman–Crippen MR) is 44.8 cm³/mol. The van der Waals surface area contributed by atoms with Gasteiger partial charge < -0.3 is 10.1 Å². The highest BCUT2D eigenvalue weighted by atomic mass is 35.5. The fourth-order valence-corrected chi connectivity index (χ4v) is 0.784. The van der Waals surface area contributed by atoms with Crippen molar-refractivity contribution in [2.24, 2.45) is 0 Å². The summed E-state index contributed by atoms with van der Waals surface area (Å²) in [7, 11) is 1.53. The average Bonchev–Trinajstić information content (AvgIpc) is 2.02. The second-order valence-corrected chi connectivity index (χ2v) is 2.71. The van der Waals surface area contributed by atoms with E-state index in [4.69, 9.17) is 16.3 Å². The summed E-state index contributed by atoms with van der Waals surface area (Å²) < 4.78 is 4.89. The number of alkyl halides is 1. The van der Waals surface area contributed by atoms with E-state index in [1.165, 1.54) is 7.11 Å². The van der Waals surface area contributed by atoms with Gasteiger partial charge in [-0.3, -0.25) is 4.79 Å². The number of amides is 1. The molecule has 4 heteroatoms. The zero-order valence-corrected chi connectivity index (χ0v) is 7.81. The molecule has 0 radical (unpaired) electrons. The number of halogens is 1. The Morgan fingerprint density at radius 1 is 1.73 bits per heavy atom. The van der Waals surface area contributed by atoms with Crippen LogP contribution in [0, 0.1) is 0 Å². The Morgan fingerprint density at radius 2 is 2.27 bits per heavy atom. The van der Waals surface area contributed by atoms with Crippen molar-refractivity contribution in [2.75, 3.05) is 13.7 Å². The molecule has 0 aliphatic heterocycles. The summed E-state index contributed by atoms with van der Waals surface area (Å²) >= 11 is 5.72. The van der Waals surface area contributed by atoms with E-state index in [2.05, 4.69) is 5.32 Å². The predicted octanol–water partition coefficient (Wildman–Crippen LogP) is 0.765. The first-order valence-electron chi connectivity index (χ1n) is 3.58. The van der Waals surface area contributed by atoms with Crippen LogP contribution < -0.4 is 5.32 Å². The lowest BCUT2D eigenvalue weighted by Gasteiger charge is -2.14. The van der Waals surface area contributed by atoms with Gasteiger partial charge in [0.2, 0.25) is 5.91 Å². The van der Waals surface area contributed by atoms with Gasteiger partial charge in [-0.1, -0.05) is 0 Å². The average molecular weight is 180 g/mol. The van der Waals surface area contributed by atoms with Gasteiger partial charge in [-0.05, 0) is 13.8 Å². The quantitative estimate of drug-likeness (QED) is 0.648. The summed E-state index contributed by atoms with van der Waals surface area (Å²) in [6.45, 7) is 4.20. The van der Waals surface area contributed by atoms with Gasteiger partial charge >= 0.3 is 0 Å². The highest BCUT2D eigenvalue weighted by molar-refractivity contribution is 6.31. The van der Waals surface area contributed by atoms with Crippen LogP contribution in [-0.4, -0.2) is 31.0 Å². The highest BCUT2D eigenvalue weighted by Gasteiger charge is 2.21. The Bertz CT molecular complexity index is 130. The first-order valence-corrected chi connectivity index (χ1v) is 4.01. The largest absolute Gasteiger partial charge is 0.380 e. The molecule has 66 valence electrons. The SMILES string of the molecule is CCNC(=O)C(Cl)C(C)OC. The molecular weight excluding hydrogens is 166 g/mol. The molecule has 11 heavy (non-hydrogen) atoms. The van der Waals surface area contributed by atoms with E-state index < -0.39 is 5.38 Å². The number of nitrogens with one attached hydrogen (secondary N) is 1. The van der Waals surface area contributed by atoms with E-state index in [1.54, 1.807) is 6.92 Å². The molecule has 0 spiro atoms. The van der Waals surface area contributed by atoms with Crippen molar-refractivity contribution in [3.8, 4) is 0 Å². The van der Waals surface area contributed by atoms with Crippen molar-refractivity contribution in [3.63, 3.8) is 0 Å². The number of carbonyl (C=O) groups is 1. The zero-order chi connectivity index (χ0) is 8.85. The molecule has 0 saturated heterocycles. The third kappa shape index (κ3) is 3.58. The van der Waals surface area contributed by atoms with Crippen LogP contribution in [0.15, 0.2) is 0 Å². The number of ether oxygens (including phenoxy) is 1. The molecule has 0 bridgehead atoms. The van der Waals surface area contributed by atoms with Crippen LogP contribution in [0.2, 0.25) is 0 Å². The molecule has 0 aliphatic carbocycles. The summed E-state index contributed by atoms with van der Waals surface area (Å²) in [5, 5.41) is 2.01. The van der Waals surface area contributed by atoms with Gasteiger partial charge in [-0.15, -0.1) is 11.6 Å². The molecule has 0 rings (SSSR count). The third-order valence-corrected chi connectivity index (χ3v) is 1.94. The van der Waals surface area contributed by atoms with Crippen LogP contribution in [0.25, 0.3) is 0 Å². The fraction of sp³-hybridized carbons (Fsp3) is 0.857. The maximum atomic E-state index is 11.0.